The lowest BCUT2D eigenvalue weighted by molar-refractivity contribution is 0.1000. The molecule has 19 heavy (non-hydrogen) atoms. The molecule has 1 aromatic carbocycles. The van der Waals surface area contributed by atoms with Crippen molar-refractivity contribution in [2.45, 2.75) is 32.1 Å². The number of benzene rings is 1. The van der Waals surface area contributed by atoms with Gasteiger partial charge in [0.1, 0.15) is 0 Å². The number of nitroso groups, excluding NO2 is 1. The Bertz CT molecular complexity index is 470. The highest BCUT2D eigenvalue weighted by Gasteiger charge is 2.16. The second-order valence-electron chi connectivity index (χ2n) is 4.86. The molecule has 2 rings (SSSR count). The minimum atomic E-state index is -0.914. The van der Waals surface area contributed by atoms with Crippen molar-refractivity contribution in [2.75, 3.05) is 6.61 Å². The summed E-state index contributed by atoms with van der Waals surface area (Å²) in [5.74, 6) is -0.988. The van der Waals surface area contributed by atoms with Gasteiger partial charge in [-0.2, -0.15) is 0 Å². The number of rotatable bonds is 4. The van der Waals surface area contributed by atoms with Crippen LogP contribution in [0.2, 0.25) is 0 Å². The molecule has 0 saturated heterocycles. The monoisotopic (exact) mass is 265 g/mol. The fourth-order valence-corrected chi connectivity index (χ4v) is 2.36. The van der Waals surface area contributed by atoms with E-state index in [9.17, 15) is 14.1 Å². The first-order valence-electron chi connectivity index (χ1n) is 6.50. The molecule has 4 nitrogen and oxygen atoms in total. The normalized spacial score (nSPS) is 16.1. The van der Waals surface area contributed by atoms with Crippen molar-refractivity contribution < 1.29 is 13.9 Å². The van der Waals surface area contributed by atoms with Crippen LogP contribution in [-0.2, 0) is 0 Å². The lowest BCUT2D eigenvalue weighted by Gasteiger charge is -2.21. The maximum atomic E-state index is 13.5. The summed E-state index contributed by atoms with van der Waals surface area (Å²) in [6, 6.07) is 3.59. The van der Waals surface area contributed by atoms with Crippen molar-refractivity contribution in [1.82, 2.24) is 0 Å². The molecule has 102 valence electrons. The fourth-order valence-electron chi connectivity index (χ4n) is 2.36. The van der Waals surface area contributed by atoms with E-state index in [0.717, 1.165) is 18.9 Å². The SMILES string of the molecule is O=NC(=O)c1ccc(F)c(OCC2CCCCC2)c1. The standard InChI is InChI=1S/C14H16FNO3/c15-12-7-6-11(14(17)16-18)8-13(12)19-9-10-4-2-1-3-5-10/h6-8,10H,1-5,9H2. The molecule has 0 N–H and O–H groups in total. The Labute approximate surface area is 110 Å². The number of hydrogen-bond acceptors (Lipinski definition) is 3. The predicted molar refractivity (Wildman–Crippen MR) is 68.6 cm³/mol. The molecule has 0 aliphatic heterocycles. The Kier molecular flexibility index (Phi) is 4.60. The van der Waals surface area contributed by atoms with E-state index in [0.29, 0.717) is 12.5 Å². The van der Waals surface area contributed by atoms with Gasteiger partial charge in [0.05, 0.1) is 6.61 Å². The molecule has 1 amide bonds. The zero-order chi connectivity index (χ0) is 13.7. The molecule has 0 bridgehead atoms. The molecule has 1 saturated carbocycles. The maximum Gasteiger partial charge on any atom is 0.316 e. The number of carbonyl (C=O) groups excluding carboxylic acids is 1. The topological polar surface area (TPSA) is 55.7 Å². The molecular weight excluding hydrogens is 249 g/mol. The van der Waals surface area contributed by atoms with E-state index in [1.807, 2.05) is 0 Å². The third-order valence-electron chi connectivity index (χ3n) is 3.46. The molecule has 0 aromatic heterocycles. The van der Waals surface area contributed by atoms with Crippen molar-refractivity contribution in [2.24, 2.45) is 11.1 Å². The van der Waals surface area contributed by atoms with Gasteiger partial charge in [-0.25, -0.2) is 4.39 Å². The Morgan fingerprint density at radius 3 is 2.74 bits per heavy atom. The summed E-state index contributed by atoms with van der Waals surface area (Å²) in [5.41, 5.74) is 0.0510. The Balaban J connectivity index is 2.02. The van der Waals surface area contributed by atoms with E-state index < -0.39 is 11.7 Å². The maximum absolute atomic E-state index is 13.5. The highest BCUT2D eigenvalue weighted by atomic mass is 19.1. The van der Waals surface area contributed by atoms with Gasteiger partial charge in [0.15, 0.2) is 11.6 Å². The van der Waals surface area contributed by atoms with Gasteiger partial charge in [-0.3, -0.25) is 4.79 Å². The molecule has 1 aromatic rings. The summed E-state index contributed by atoms with van der Waals surface area (Å²) in [7, 11) is 0. The Hall–Kier alpha value is -1.78. The third-order valence-corrected chi connectivity index (χ3v) is 3.46. The molecular formula is C14H16FNO3. The van der Waals surface area contributed by atoms with Gasteiger partial charge in [-0.15, -0.1) is 4.91 Å². The summed E-state index contributed by atoms with van der Waals surface area (Å²) >= 11 is 0. The molecule has 0 atom stereocenters. The molecule has 0 spiro atoms. The number of halogens is 1. The molecule has 0 radical (unpaired) electrons. The number of nitrogens with zero attached hydrogens (tertiary/aromatic N) is 1. The van der Waals surface area contributed by atoms with Gasteiger partial charge in [0.2, 0.25) is 0 Å². The van der Waals surface area contributed by atoms with Crippen LogP contribution in [0, 0.1) is 16.6 Å². The van der Waals surface area contributed by atoms with E-state index in [1.54, 1.807) is 0 Å². The summed E-state index contributed by atoms with van der Waals surface area (Å²) in [5, 5.41) is 2.31. The van der Waals surface area contributed by atoms with E-state index in [1.165, 1.54) is 31.4 Å². The first kappa shape index (κ1) is 13.6. The van der Waals surface area contributed by atoms with Crippen LogP contribution in [-0.4, -0.2) is 12.5 Å². The van der Waals surface area contributed by atoms with Crippen LogP contribution >= 0.6 is 0 Å². The lowest BCUT2D eigenvalue weighted by atomic mass is 9.90. The molecule has 1 aliphatic rings. The zero-order valence-corrected chi connectivity index (χ0v) is 10.6. The van der Waals surface area contributed by atoms with Crippen LogP contribution in [0.15, 0.2) is 23.4 Å². The quantitative estimate of drug-likeness (QED) is 0.780. The van der Waals surface area contributed by atoms with E-state index >= 15 is 0 Å². The first-order chi connectivity index (χ1) is 9.20. The van der Waals surface area contributed by atoms with Crippen molar-refractivity contribution in [3.05, 3.63) is 34.5 Å². The van der Waals surface area contributed by atoms with Gasteiger partial charge >= 0.3 is 5.91 Å². The zero-order valence-electron chi connectivity index (χ0n) is 10.6. The second-order valence-corrected chi connectivity index (χ2v) is 4.86. The molecule has 5 heteroatoms. The summed E-state index contributed by atoms with van der Waals surface area (Å²) < 4.78 is 19.0. The van der Waals surface area contributed by atoms with Crippen LogP contribution in [0.4, 0.5) is 4.39 Å². The minimum absolute atomic E-state index is 0.0140. The van der Waals surface area contributed by atoms with Crippen LogP contribution in [0.5, 0.6) is 5.75 Å². The van der Waals surface area contributed by atoms with Crippen molar-refractivity contribution in [3.8, 4) is 5.75 Å². The van der Waals surface area contributed by atoms with Crippen LogP contribution in [0.1, 0.15) is 42.5 Å². The van der Waals surface area contributed by atoms with E-state index in [2.05, 4.69) is 5.18 Å². The Morgan fingerprint density at radius 1 is 1.32 bits per heavy atom. The van der Waals surface area contributed by atoms with E-state index in [-0.39, 0.29) is 11.3 Å². The summed E-state index contributed by atoms with van der Waals surface area (Å²) in [4.78, 5) is 21.3. The average molecular weight is 265 g/mol. The highest BCUT2D eigenvalue weighted by Crippen LogP contribution is 2.26. The number of amides is 1. The molecule has 0 unspecified atom stereocenters. The average Bonchev–Trinajstić information content (AvgIpc) is 2.46. The number of ether oxygens (including phenoxy) is 1. The number of carbonyl (C=O) groups is 1. The highest BCUT2D eigenvalue weighted by molar-refractivity contribution is 5.95. The van der Waals surface area contributed by atoms with Gasteiger partial charge in [0.25, 0.3) is 0 Å². The Morgan fingerprint density at radius 2 is 2.05 bits per heavy atom. The fraction of sp³-hybridized carbons (Fsp3) is 0.500. The smallest absolute Gasteiger partial charge is 0.316 e. The van der Waals surface area contributed by atoms with E-state index in [4.69, 9.17) is 4.74 Å². The van der Waals surface area contributed by atoms with Crippen LogP contribution in [0.25, 0.3) is 0 Å². The predicted octanol–water partition coefficient (Wildman–Crippen LogP) is 3.69. The third kappa shape index (κ3) is 3.59. The van der Waals surface area contributed by atoms with Crippen molar-refractivity contribution >= 4 is 5.91 Å². The van der Waals surface area contributed by atoms with Gasteiger partial charge in [-0.1, -0.05) is 19.3 Å². The van der Waals surface area contributed by atoms with Gasteiger partial charge < -0.3 is 4.74 Å². The van der Waals surface area contributed by atoms with Gasteiger partial charge in [-0.05, 0) is 37.0 Å². The lowest BCUT2D eigenvalue weighted by Crippen LogP contribution is -2.15. The minimum Gasteiger partial charge on any atom is -0.490 e. The molecule has 1 aliphatic carbocycles. The largest absolute Gasteiger partial charge is 0.490 e. The molecule has 0 heterocycles. The van der Waals surface area contributed by atoms with Crippen molar-refractivity contribution in [3.63, 3.8) is 0 Å². The second kappa shape index (κ2) is 6.41. The first-order valence-corrected chi connectivity index (χ1v) is 6.50. The molecule has 1 fully saturated rings. The number of hydrogen-bond donors (Lipinski definition) is 0. The van der Waals surface area contributed by atoms with Crippen molar-refractivity contribution in [1.29, 1.82) is 0 Å². The van der Waals surface area contributed by atoms with Crippen LogP contribution < -0.4 is 4.74 Å². The van der Waals surface area contributed by atoms with Crippen LogP contribution in [0.3, 0.4) is 0 Å². The summed E-state index contributed by atoms with van der Waals surface area (Å²) in [6.45, 7) is 0.448. The summed E-state index contributed by atoms with van der Waals surface area (Å²) in [6.07, 6.45) is 5.81. The van der Waals surface area contributed by atoms with Gasteiger partial charge in [0, 0.05) is 10.7 Å².